The highest BCUT2D eigenvalue weighted by Gasteiger charge is 2.23. The Morgan fingerprint density at radius 2 is 1.64 bits per heavy atom. The first-order chi connectivity index (χ1) is 12.2. The Bertz CT molecular complexity index is 591. The Labute approximate surface area is 152 Å². The first-order valence-electron chi connectivity index (χ1n) is 10.2. The third-order valence-electron chi connectivity index (χ3n) is 6.23. The summed E-state index contributed by atoms with van der Waals surface area (Å²) in [7, 11) is 0. The van der Waals surface area contributed by atoms with Crippen molar-refractivity contribution in [2.75, 3.05) is 0 Å². The van der Waals surface area contributed by atoms with Crippen molar-refractivity contribution in [3.63, 3.8) is 0 Å². The molecule has 0 saturated heterocycles. The summed E-state index contributed by atoms with van der Waals surface area (Å²) >= 11 is 0. The molecule has 1 saturated carbocycles. The number of carbonyl (C=O) groups is 1. The van der Waals surface area contributed by atoms with Gasteiger partial charge in [-0.15, -0.1) is 0 Å². The Balaban J connectivity index is 1.55. The number of hydrogen-bond donors (Lipinski definition) is 0. The number of benzene rings is 1. The zero-order chi connectivity index (χ0) is 17.6. The Morgan fingerprint density at radius 3 is 2.20 bits per heavy atom. The average molecular weight is 341 g/mol. The van der Waals surface area contributed by atoms with E-state index in [0.29, 0.717) is 5.56 Å². The van der Waals surface area contributed by atoms with Gasteiger partial charge in [-0.25, -0.2) is 4.79 Å². The van der Waals surface area contributed by atoms with Crippen LogP contribution in [0.25, 0.3) is 5.57 Å². The number of esters is 1. The van der Waals surface area contributed by atoms with Gasteiger partial charge >= 0.3 is 5.97 Å². The number of rotatable bonds is 5. The maximum atomic E-state index is 12.4. The van der Waals surface area contributed by atoms with Crippen LogP contribution in [0.15, 0.2) is 30.3 Å². The van der Waals surface area contributed by atoms with E-state index in [1.807, 2.05) is 12.1 Å². The highest BCUT2D eigenvalue weighted by Crippen LogP contribution is 2.32. The topological polar surface area (TPSA) is 26.3 Å². The van der Waals surface area contributed by atoms with Gasteiger partial charge in [0.2, 0.25) is 0 Å². The van der Waals surface area contributed by atoms with Gasteiger partial charge in [0, 0.05) is 0 Å². The smallest absolute Gasteiger partial charge is 0.338 e. The standard InChI is InChI=1S/C23H32O2/c1-3-17-5-9-19(10-6-17)20-11-13-21(14-12-20)23(24)25-22-15-7-18(4-2)8-16-22/h9,11-14,17-18,22H,3-8,10,15-16H2,1-2H3. The van der Waals surface area contributed by atoms with Gasteiger partial charge in [0.1, 0.15) is 6.10 Å². The van der Waals surface area contributed by atoms with Gasteiger partial charge in [0.25, 0.3) is 0 Å². The molecule has 2 aliphatic carbocycles. The fraction of sp³-hybridized carbons (Fsp3) is 0.609. The number of ether oxygens (including phenoxy) is 1. The second-order valence-electron chi connectivity index (χ2n) is 7.81. The van der Waals surface area contributed by atoms with Gasteiger partial charge in [-0.1, -0.05) is 44.9 Å². The normalized spacial score (nSPS) is 26.8. The van der Waals surface area contributed by atoms with Gasteiger partial charge in [0.05, 0.1) is 5.56 Å². The molecule has 2 aliphatic rings. The minimum atomic E-state index is -0.157. The molecule has 0 amide bonds. The van der Waals surface area contributed by atoms with E-state index in [-0.39, 0.29) is 12.1 Å². The van der Waals surface area contributed by atoms with E-state index in [0.717, 1.165) is 31.1 Å². The lowest BCUT2D eigenvalue weighted by atomic mass is 9.85. The van der Waals surface area contributed by atoms with Crippen molar-refractivity contribution in [1.82, 2.24) is 0 Å². The fourth-order valence-corrected chi connectivity index (χ4v) is 4.22. The molecule has 0 radical (unpaired) electrons. The Morgan fingerprint density at radius 1 is 0.960 bits per heavy atom. The van der Waals surface area contributed by atoms with Crippen molar-refractivity contribution in [3.05, 3.63) is 41.5 Å². The summed E-state index contributed by atoms with van der Waals surface area (Å²) in [6.07, 6.45) is 13.1. The van der Waals surface area contributed by atoms with E-state index in [4.69, 9.17) is 4.74 Å². The molecule has 1 aromatic rings. The Hall–Kier alpha value is -1.57. The first kappa shape index (κ1) is 18.2. The number of allylic oxidation sites excluding steroid dienone is 2. The lowest BCUT2D eigenvalue weighted by molar-refractivity contribution is 0.0164. The highest BCUT2D eigenvalue weighted by molar-refractivity contribution is 5.90. The largest absolute Gasteiger partial charge is 0.459 e. The van der Waals surface area contributed by atoms with E-state index < -0.39 is 0 Å². The molecule has 1 unspecified atom stereocenters. The summed E-state index contributed by atoms with van der Waals surface area (Å²) in [5.74, 6) is 1.52. The van der Waals surface area contributed by atoms with Crippen LogP contribution >= 0.6 is 0 Å². The van der Waals surface area contributed by atoms with Gasteiger partial charge in [0.15, 0.2) is 0 Å². The zero-order valence-corrected chi connectivity index (χ0v) is 15.8. The zero-order valence-electron chi connectivity index (χ0n) is 15.8. The van der Waals surface area contributed by atoms with Gasteiger partial charge < -0.3 is 4.74 Å². The Kier molecular flexibility index (Phi) is 6.34. The lowest BCUT2D eigenvalue weighted by Crippen LogP contribution is -2.24. The van der Waals surface area contributed by atoms with Crippen LogP contribution < -0.4 is 0 Å². The summed E-state index contributed by atoms with van der Waals surface area (Å²) in [6.45, 7) is 4.53. The molecular weight excluding hydrogens is 308 g/mol. The molecule has 1 fully saturated rings. The average Bonchev–Trinajstić information content (AvgIpc) is 2.69. The number of carbonyl (C=O) groups excluding carboxylic acids is 1. The van der Waals surface area contributed by atoms with Crippen molar-refractivity contribution >= 4 is 11.5 Å². The van der Waals surface area contributed by atoms with Crippen LogP contribution in [0.3, 0.4) is 0 Å². The lowest BCUT2D eigenvalue weighted by Gasteiger charge is -2.27. The van der Waals surface area contributed by atoms with E-state index in [1.54, 1.807) is 0 Å². The molecule has 0 heterocycles. The molecule has 1 aromatic carbocycles. The van der Waals surface area contributed by atoms with Crippen LogP contribution in [-0.4, -0.2) is 12.1 Å². The molecule has 0 N–H and O–H groups in total. The predicted molar refractivity (Wildman–Crippen MR) is 104 cm³/mol. The van der Waals surface area contributed by atoms with Crippen molar-refractivity contribution < 1.29 is 9.53 Å². The molecule has 3 rings (SSSR count). The molecule has 0 aliphatic heterocycles. The van der Waals surface area contributed by atoms with Crippen molar-refractivity contribution in [1.29, 1.82) is 0 Å². The van der Waals surface area contributed by atoms with E-state index >= 15 is 0 Å². The van der Waals surface area contributed by atoms with E-state index in [2.05, 4.69) is 32.1 Å². The number of hydrogen-bond acceptors (Lipinski definition) is 2. The van der Waals surface area contributed by atoms with Crippen LogP contribution in [0, 0.1) is 11.8 Å². The molecule has 1 atom stereocenters. The molecule has 2 heteroatoms. The highest BCUT2D eigenvalue weighted by atomic mass is 16.5. The van der Waals surface area contributed by atoms with Crippen molar-refractivity contribution in [2.24, 2.45) is 11.8 Å². The predicted octanol–water partition coefficient (Wildman–Crippen LogP) is 6.41. The summed E-state index contributed by atoms with van der Waals surface area (Å²) in [6, 6.07) is 8.04. The molecule has 136 valence electrons. The fourth-order valence-electron chi connectivity index (χ4n) is 4.22. The first-order valence-corrected chi connectivity index (χ1v) is 10.2. The van der Waals surface area contributed by atoms with Gasteiger partial charge in [-0.3, -0.25) is 0 Å². The summed E-state index contributed by atoms with van der Waals surface area (Å²) < 4.78 is 5.73. The second kappa shape index (κ2) is 8.69. The summed E-state index contributed by atoms with van der Waals surface area (Å²) in [4.78, 5) is 12.4. The third-order valence-corrected chi connectivity index (χ3v) is 6.23. The molecule has 0 bridgehead atoms. The molecule has 0 aromatic heterocycles. The third kappa shape index (κ3) is 4.74. The van der Waals surface area contributed by atoms with E-state index in [1.165, 1.54) is 49.7 Å². The van der Waals surface area contributed by atoms with Crippen LogP contribution in [0.5, 0.6) is 0 Å². The maximum absolute atomic E-state index is 12.4. The van der Waals surface area contributed by atoms with Gasteiger partial charge in [-0.05, 0) is 80.1 Å². The molecular formula is C23H32O2. The van der Waals surface area contributed by atoms with Crippen LogP contribution in [0.2, 0.25) is 0 Å². The SMILES string of the molecule is CCC1CC=C(c2ccc(C(=O)OC3CCC(CC)CC3)cc2)CC1. The second-order valence-corrected chi connectivity index (χ2v) is 7.81. The monoisotopic (exact) mass is 340 g/mol. The quantitative estimate of drug-likeness (QED) is 0.579. The minimum absolute atomic E-state index is 0.113. The summed E-state index contributed by atoms with van der Waals surface area (Å²) in [5.41, 5.74) is 3.38. The van der Waals surface area contributed by atoms with E-state index in [9.17, 15) is 4.79 Å². The van der Waals surface area contributed by atoms with Crippen LogP contribution in [0.4, 0.5) is 0 Å². The summed E-state index contributed by atoms with van der Waals surface area (Å²) in [5, 5.41) is 0. The van der Waals surface area contributed by atoms with Crippen LogP contribution in [0.1, 0.15) is 87.6 Å². The molecule has 2 nitrogen and oxygen atoms in total. The van der Waals surface area contributed by atoms with Crippen LogP contribution in [-0.2, 0) is 4.74 Å². The van der Waals surface area contributed by atoms with Gasteiger partial charge in [-0.2, -0.15) is 0 Å². The molecule has 25 heavy (non-hydrogen) atoms. The maximum Gasteiger partial charge on any atom is 0.338 e. The minimum Gasteiger partial charge on any atom is -0.459 e. The molecule has 0 spiro atoms. The van der Waals surface area contributed by atoms with Crippen molar-refractivity contribution in [3.8, 4) is 0 Å². The van der Waals surface area contributed by atoms with Crippen molar-refractivity contribution in [2.45, 2.75) is 77.7 Å².